The van der Waals surface area contributed by atoms with Crippen LogP contribution in [0, 0.1) is 6.92 Å². The lowest BCUT2D eigenvalue weighted by Crippen LogP contribution is -2.15. The average Bonchev–Trinajstić information content (AvgIpc) is 2.04. The van der Waals surface area contributed by atoms with Crippen LogP contribution in [0.15, 0.2) is 12.3 Å². The standard InChI is InChI=1S/C10H17N3/c1-4-5-9(3)12-10-6-8(2)7-11-13-10/h6-7,9H,4-5H2,1-3H3,(H,12,13). The highest BCUT2D eigenvalue weighted by atomic mass is 15.2. The Balaban J connectivity index is 2.53. The van der Waals surface area contributed by atoms with E-state index in [0.29, 0.717) is 6.04 Å². The van der Waals surface area contributed by atoms with Crippen LogP contribution in [0.1, 0.15) is 32.3 Å². The van der Waals surface area contributed by atoms with Gasteiger partial charge in [-0.3, -0.25) is 0 Å². The van der Waals surface area contributed by atoms with Gasteiger partial charge in [-0.2, -0.15) is 5.10 Å². The Morgan fingerprint density at radius 2 is 2.31 bits per heavy atom. The average molecular weight is 179 g/mol. The number of nitrogens with zero attached hydrogens (tertiary/aromatic N) is 2. The van der Waals surface area contributed by atoms with Gasteiger partial charge in [-0.25, -0.2) is 0 Å². The first-order valence-electron chi connectivity index (χ1n) is 4.78. The number of rotatable bonds is 4. The van der Waals surface area contributed by atoms with Crippen LogP contribution in [0.2, 0.25) is 0 Å². The maximum absolute atomic E-state index is 4.00. The molecule has 1 aromatic rings. The molecule has 1 aromatic heterocycles. The minimum Gasteiger partial charge on any atom is -0.366 e. The monoisotopic (exact) mass is 179 g/mol. The fraction of sp³-hybridized carbons (Fsp3) is 0.600. The van der Waals surface area contributed by atoms with E-state index >= 15 is 0 Å². The Kier molecular flexibility index (Phi) is 3.68. The van der Waals surface area contributed by atoms with Gasteiger partial charge in [0.25, 0.3) is 0 Å². The van der Waals surface area contributed by atoms with E-state index < -0.39 is 0 Å². The van der Waals surface area contributed by atoms with Crippen LogP contribution in [0.4, 0.5) is 5.82 Å². The first-order valence-corrected chi connectivity index (χ1v) is 4.78. The number of aryl methyl sites for hydroxylation is 1. The summed E-state index contributed by atoms with van der Waals surface area (Å²) in [6.07, 6.45) is 4.11. The zero-order chi connectivity index (χ0) is 9.68. The van der Waals surface area contributed by atoms with Crippen LogP contribution < -0.4 is 5.32 Å². The van der Waals surface area contributed by atoms with Gasteiger partial charge in [0, 0.05) is 6.04 Å². The third-order valence-electron chi connectivity index (χ3n) is 1.91. The third kappa shape index (κ3) is 3.40. The molecule has 3 heteroatoms. The first-order chi connectivity index (χ1) is 6.22. The second kappa shape index (κ2) is 4.80. The molecule has 1 N–H and O–H groups in total. The summed E-state index contributed by atoms with van der Waals surface area (Å²) in [5.41, 5.74) is 1.14. The van der Waals surface area contributed by atoms with Crippen LogP contribution in [0.5, 0.6) is 0 Å². The maximum atomic E-state index is 4.00. The number of nitrogens with one attached hydrogen (secondary N) is 1. The van der Waals surface area contributed by atoms with Crippen molar-refractivity contribution in [1.82, 2.24) is 10.2 Å². The molecule has 0 saturated carbocycles. The van der Waals surface area contributed by atoms with Crippen molar-refractivity contribution in [1.29, 1.82) is 0 Å². The highest BCUT2D eigenvalue weighted by molar-refractivity contribution is 5.35. The van der Waals surface area contributed by atoms with Crippen molar-refractivity contribution in [3.05, 3.63) is 17.8 Å². The fourth-order valence-electron chi connectivity index (χ4n) is 1.29. The number of anilines is 1. The zero-order valence-corrected chi connectivity index (χ0v) is 8.54. The van der Waals surface area contributed by atoms with Gasteiger partial charge in [0.05, 0.1) is 6.20 Å². The summed E-state index contributed by atoms with van der Waals surface area (Å²) < 4.78 is 0. The van der Waals surface area contributed by atoms with Gasteiger partial charge in [-0.1, -0.05) is 13.3 Å². The maximum Gasteiger partial charge on any atom is 0.149 e. The number of hydrogen-bond donors (Lipinski definition) is 1. The second-order valence-electron chi connectivity index (χ2n) is 3.45. The summed E-state index contributed by atoms with van der Waals surface area (Å²) in [7, 11) is 0. The summed E-state index contributed by atoms with van der Waals surface area (Å²) in [5.74, 6) is 0.876. The van der Waals surface area contributed by atoms with Crippen LogP contribution in [0.25, 0.3) is 0 Å². The fourth-order valence-corrected chi connectivity index (χ4v) is 1.29. The lowest BCUT2D eigenvalue weighted by atomic mass is 10.2. The quantitative estimate of drug-likeness (QED) is 0.771. The summed E-state index contributed by atoms with van der Waals surface area (Å²) in [4.78, 5) is 0. The van der Waals surface area contributed by atoms with E-state index in [1.807, 2.05) is 13.0 Å². The van der Waals surface area contributed by atoms with Gasteiger partial charge in [-0.05, 0) is 31.9 Å². The molecule has 1 unspecified atom stereocenters. The van der Waals surface area contributed by atoms with E-state index in [9.17, 15) is 0 Å². The Labute approximate surface area is 79.6 Å². The molecule has 0 amide bonds. The highest BCUT2D eigenvalue weighted by Crippen LogP contribution is 2.07. The Morgan fingerprint density at radius 1 is 1.54 bits per heavy atom. The van der Waals surface area contributed by atoms with E-state index in [1.165, 1.54) is 6.42 Å². The number of hydrogen-bond acceptors (Lipinski definition) is 3. The molecule has 0 spiro atoms. The first kappa shape index (κ1) is 9.96. The summed E-state index contributed by atoms with van der Waals surface area (Å²) >= 11 is 0. The normalized spacial score (nSPS) is 12.5. The Bertz CT molecular complexity index is 260. The van der Waals surface area contributed by atoms with Gasteiger partial charge in [0.2, 0.25) is 0 Å². The zero-order valence-electron chi connectivity index (χ0n) is 8.54. The molecule has 1 heterocycles. The van der Waals surface area contributed by atoms with E-state index in [4.69, 9.17) is 0 Å². The van der Waals surface area contributed by atoms with Gasteiger partial charge in [0.1, 0.15) is 5.82 Å². The number of aromatic nitrogens is 2. The molecule has 72 valence electrons. The molecule has 1 rings (SSSR count). The summed E-state index contributed by atoms with van der Waals surface area (Å²) in [6, 6.07) is 2.49. The van der Waals surface area contributed by atoms with Crippen LogP contribution in [-0.4, -0.2) is 16.2 Å². The van der Waals surface area contributed by atoms with E-state index in [1.54, 1.807) is 6.20 Å². The molecule has 0 aliphatic heterocycles. The van der Waals surface area contributed by atoms with Crippen molar-refractivity contribution in [2.24, 2.45) is 0 Å². The molecule has 0 aliphatic rings. The van der Waals surface area contributed by atoms with Gasteiger partial charge in [-0.15, -0.1) is 5.10 Å². The van der Waals surface area contributed by atoms with Crippen molar-refractivity contribution in [3.63, 3.8) is 0 Å². The van der Waals surface area contributed by atoms with Crippen molar-refractivity contribution in [2.75, 3.05) is 5.32 Å². The lowest BCUT2D eigenvalue weighted by Gasteiger charge is -2.12. The smallest absolute Gasteiger partial charge is 0.149 e. The molecule has 3 nitrogen and oxygen atoms in total. The minimum atomic E-state index is 0.473. The molecule has 0 saturated heterocycles. The largest absolute Gasteiger partial charge is 0.366 e. The summed E-state index contributed by atoms with van der Waals surface area (Å²) in [6.45, 7) is 6.36. The van der Waals surface area contributed by atoms with Crippen LogP contribution in [0.3, 0.4) is 0 Å². The SMILES string of the molecule is CCCC(C)Nc1cc(C)cnn1. The topological polar surface area (TPSA) is 37.8 Å². The molecule has 0 aliphatic carbocycles. The molecule has 0 fully saturated rings. The predicted molar refractivity (Wildman–Crippen MR) is 54.8 cm³/mol. The minimum absolute atomic E-state index is 0.473. The highest BCUT2D eigenvalue weighted by Gasteiger charge is 2.01. The third-order valence-corrected chi connectivity index (χ3v) is 1.91. The Hall–Kier alpha value is -1.12. The van der Waals surface area contributed by atoms with E-state index in [0.717, 1.165) is 17.8 Å². The van der Waals surface area contributed by atoms with E-state index in [-0.39, 0.29) is 0 Å². The van der Waals surface area contributed by atoms with Gasteiger partial charge < -0.3 is 5.32 Å². The molecular formula is C10H17N3. The van der Waals surface area contributed by atoms with Crippen molar-refractivity contribution in [3.8, 4) is 0 Å². The predicted octanol–water partition coefficient (Wildman–Crippen LogP) is 2.39. The van der Waals surface area contributed by atoms with Crippen LogP contribution in [-0.2, 0) is 0 Å². The second-order valence-corrected chi connectivity index (χ2v) is 3.45. The lowest BCUT2D eigenvalue weighted by molar-refractivity contribution is 0.685. The molecule has 0 bridgehead atoms. The Morgan fingerprint density at radius 3 is 2.92 bits per heavy atom. The van der Waals surface area contributed by atoms with Crippen molar-refractivity contribution < 1.29 is 0 Å². The molecular weight excluding hydrogens is 162 g/mol. The molecule has 13 heavy (non-hydrogen) atoms. The van der Waals surface area contributed by atoms with Crippen LogP contribution >= 0.6 is 0 Å². The van der Waals surface area contributed by atoms with Crippen molar-refractivity contribution >= 4 is 5.82 Å². The molecule has 1 atom stereocenters. The molecule has 0 aromatic carbocycles. The molecule has 0 radical (unpaired) electrons. The van der Waals surface area contributed by atoms with Gasteiger partial charge >= 0.3 is 0 Å². The van der Waals surface area contributed by atoms with Crippen molar-refractivity contribution in [2.45, 2.75) is 39.7 Å². The van der Waals surface area contributed by atoms with E-state index in [2.05, 4.69) is 29.4 Å². The summed E-state index contributed by atoms with van der Waals surface area (Å²) in [5, 5.41) is 11.2. The van der Waals surface area contributed by atoms with Gasteiger partial charge in [0.15, 0.2) is 0 Å².